The number of rotatable bonds is 2. The SMILES string of the molecule is CC1CC1C(=O)Nc1nc2c(s1)CNCC2. The molecular formula is C11H15N3OS. The Morgan fingerprint density at radius 1 is 1.62 bits per heavy atom. The third kappa shape index (κ3) is 1.85. The lowest BCUT2D eigenvalue weighted by atomic mass is 10.2. The molecule has 2 heterocycles. The number of nitrogens with zero attached hydrogens (tertiary/aromatic N) is 1. The van der Waals surface area contributed by atoms with E-state index in [0.29, 0.717) is 5.92 Å². The first-order valence-corrected chi connectivity index (χ1v) is 6.56. The van der Waals surface area contributed by atoms with Crippen LogP contribution in [0.1, 0.15) is 23.9 Å². The van der Waals surface area contributed by atoms with Crippen molar-refractivity contribution in [1.82, 2.24) is 10.3 Å². The minimum atomic E-state index is 0.145. The van der Waals surface area contributed by atoms with Crippen molar-refractivity contribution in [3.8, 4) is 0 Å². The normalized spacial score (nSPS) is 27.3. The number of carbonyl (C=O) groups excluding carboxylic acids is 1. The van der Waals surface area contributed by atoms with Gasteiger partial charge in [-0.25, -0.2) is 4.98 Å². The summed E-state index contributed by atoms with van der Waals surface area (Å²) in [5, 5.41) is 7.02. The topological polar surface area (TPSA) is 54.0 Å². The summed E-state index contributed by atoms with van der Waals surface area (Å²) in [4.78, 5) is 17.5. The average molecular weight is 237 g/mol. The van der Waals surface area contributed by atoms with Gasteiger partial charge in [0, 0.05) is 30.3 Å². The zero-order chi connectivity index (χ0) is 11.1. The Labute approximate surface area is 98.5 Å². The van der Waals surface area contributed by atoms with Crippen LogP contribution in [0.2, 0.25) is 0 Å². The summed E-state index contributed by atoms with van der Waals surface area (Å²) in [6, 6.07) is 0. The number of hydrogen-bond donors (Lipinski definition) is 2. The molecule has 86 valence electrons. The standard InChI is InChI=1S/C11H15N3OS/c1-6-4-7(6)10(15)14-11-13-8-2-3-12-5-9(8)16-11/h6-7,12H,2-5H2,1H3,(H,13,14,15). The van der Waals surface area contributed by atoms with E-state index >= 15 is 0 Å². The number of hydrogen-bond acceptors (Lipinski definition) is 4. The highest BCUT2D eigenvalue weighted by atomic mass is 32.1. The molecule has 2 unspecified atom stereocenters. The minimum Gasteiger partial charge on any atom is -0.311 e. The van der Waals surface area contributed by atoms with Gasteiger partial charge in [0.05, 0.1) is 5.69 Å². The van der Waals surface area contributed by atoms with Gasteiger partial charge in [0.25, 0.3) is 0 Å². The van der Waals surface area contributed by atoms with E-state index in [1.165, 1.54) is 4.88 Å². The van der Waals surface area contributed by atoms with Gasteiger partial charge < -0.3 is 10.6 Å². The minimum absolute atomic E-state index is 0.145. The first kappa shape index (κ1) is 10.2. The highest BCUT2D eigenvalue weighted by molar-refractivity contribution is 7.15. The molecule has 0 aromatic carbocycles. The Hall–Kier alpha value is -0.940. The van der Waals surface area contributed by atoms with Crippen LogP contribution in [-0.2, 0) is 17.8 Å². The van der Waals surface area contributed by atoms with Crippen molar-refractivity contribution in [2.45, 2.75) is 26.3 Å². The summed E-state index contributed by atoms with van der Waals surface area (Å²) < 4.78 is 0. The van der Waals surface area contributed by atoms with Gasteiger partial charge in [-0.05, 0) is 12.3 Å². The Kier molecular flexibility index (Phi) is 2.44. The fourth-order valence-corrected chi connectivity index (χ4v) is 3.05. The molecule has 1 aliphatic carbocycles. The van der Waals surface area contributed by atoms with Crippen molar-refractivity contribution in [1.29, 1.82) is 0 Å². The number of anilines is 1. The molecule has 0 radical (unpaired) electrons. The largest absolute Gasteiger partial charge is 0.311 e. The van der Waals surface area contributed by atoms with Crippen molar-refractivity contribution in [2.24, 2.45) is 11.8 Å². The van der Waals surface area contributed by atoms with E-state index in [9.17, 15) is 4.79 Å². The van der Waals surface area contributed by atoms with E-state index in [4.69, 9.17) is 0 Å². The lowest BCUT2D eigenvalue weighted by Crippen LogP contribution is -2.22. The molecule has 2 aliphatic rings. The molecule has 1 fully saturated rings. The molecule has 1 aromatic heterocycles. The summed E-state index contributed by atoms with van der Waals surface area (Å²) in [6.07, 6.45) is 2.00. The van der Waals surface area contributed by atoms with Gasteiger partial charge >= 0.3 is 0 Å². The van der Waals surface area contributed by atoms with Crippen molar-refractivity contribution >= 4 is 22.4 Å². The Morgan fingerprint density at radius 3 is 3.12 bits per heavy atom. The van der Waals surface area contributed by atoms with Gasteiger partial charge in [-0.2, -0.15) is 0 Å². The van der Waals surface area contributed by atoms with Crippen LogP contribution >= 0.6 is 11.3 Å². The predicted molar refractivity (Wildman–Crippen MR) is 63.4 cm³/mol. The maximum absolute atomic E-state index is 11.7. The third-order valence-corrected chi connectivity index (χ3v) is 4.29. The molecule has 1 amide bonds. The van der Waals surface area contributed by atoms with Gasteiger partial charge in [0.2, 0.25) is 5.91 Å². The van der Waals surface area contributed by atoms with Gasteiger partial charge in [-0.3, -0.25) is 4.79 Å². The fourth-order valence-electron chi connectivity index (χ4n) is 2.06. The van der Waals surface area contributed by atoms with Crippen LogP contribution in [0.5, 0.6) is 0 Å². The van der Waals surface area contributed by atoms with Crippen molar-refractivity contribution in [3.63, 3.8) is 0 Å². The van der Waals surface area contributed by atoms with E-state index in [1.54, 1.807) is 11.3 Å². The van der Waals surface area contributed by atoms with Crippen LogP contribution in [-0.4, -0.2) is 17.4 Å². The fraction of sp³-hybridized carbons (Fsp3) is 0.636. The summed E-state index contributed by atoms with van der Waals surface area (Å²) in [5.74, 6) is 0.918. The molecule has 3 rings (SSSR count). The highest BCUT2D eigenvalue weighted by Crippen LogP contribution is 2.39. The first-order chi connectivity index (χ1) is 7.74. The van der Waals surface area contributed by atoms with Gasteiger partial charge in [0.15, 0.2) is 5.13 Å². The van der Waals surface area contributed by atoms with Gasteiger partial charge in [0.1, 0.15) is 0 Å². The van der Waals surface area contributed by atoms with Crippen molar-refractivity contribution in [2.75, 3.05) is 11.9 Å². The quantitative estimate of drug-likeness (QED) is 0.817. The van der Waals surface area contributed by atoms with Crippen LogP contribution in [0.15, 0.2) is 0 Å². The van der Waals surface area contributed by atoms with E-state index in [0.717, 1.165) is 36.8 Å². The molecular weight excluding hydrogens is 222 g/mol. The smallest absolute Gasteiger partial charge is 0.229 e. The average Bonchev–Trinajstić information content (AvgIpc) is 2.87. The zero-order valence-corrected chi connectivity index (χ0v) is 10.1. The summed E-state index contributed by atoms with van der Waals surface area (Å²) >= 11 is 1.60. The second-order valence-electron chi connectivity index (χ2n) is 4.62. The summed E-state index contributed by atoms with van der Waals surface area (Å²) in [5.41, 5.74) is 1.16. The Bertz CT molecular complexity index is 405. The third-order valence-electron chi connectivity index (χ3n) is 3.28. The second-order valence-corrected chi connectivity index (χ2v) is 5.71. The number of thiazole rings is 1. The first-order valence-electron chi connectivity index (χ1n) is 5.74. The van der Waals surface area contributed by atoms with Crippen LogP contribution in [0.25, 0.3) is 0 Å². The summed E-state index contributed by atoms with van der Waals surface area (Å²) in [6.45, 7) is 3.99. The van der Waals surface area contributed by atoms with Crippen molar-refractivity contribution < 1.29 is 4.79 Å². The van der Waals surface area contributed by atoms with E-state index in [2.05, 4.69) is 22.5 Å². The molecule has 1 aliphatic heterocycles. The molecule has 1 aromatic rings. The molecule has 1 saturated carbocycles. The molecule has 16 heavy (non-hydrogen) atoms. The monoisotopic (exact) mass is 237 g/mol. The summed E-state index contributed by atoms with van der Waals surface area (Å²) in [7, 11) is 0. The Balaban J connectivity index is 1.70. The predicted octanol–water partition coefficient (Wildman–Crippen LogP) is 1.38. The van der Waals surface area contributed by atoms with Crippen LogP contribution in [0, 0.1) is 11.8 Å². The van der Waals surface area contributed by atoms with Crippen molar-refractivity contribution in [3.05, 3.63) is 10.6 Å². The molecule has 4 nitrogen and oxygen atoms in total. The second kappa shape index (κ2) is 3.82. The van der Waals surface area contributed by atoms with Crippen LogP contribution in [0.4, 0.5) is 5.13 Å². The number of aromatic nitrogens is 1. The van der Waals surface area contributed by atoms with E-state index < -0.39 is 0 Å². The van der Waals surface area contributed by atoms with E-state index in [-0.39, 0.29) is 11.8 Å². The maximum atomic E-state index is 11.7. The van der Waals surface area contributed by atoms with Gasteiger partial charge in [-0.15, -0.1) is 11.3 Å². The number of carbonyl (C=O) groups is 1. The van der Waals surface area contributed by atoms with Crippen LogP contribution in [0.3, 0.4) is 0 Å². The number of fused-ring (bicyclic) bond motifs is 1. The zero-order valence-electron chi connectivity index (χ0n) is 9.25. The van der Waals surface area contributed by atoms with Gasteiger partial charge in [-0.1, -0.05) is 6.92 Å². The van der Waals surface area contributed by atoms with Crippen LogP contribution < -0.4 is 10.6 Å². The molecule has 0 saturated heterocycles. The molecule has 0 bridgehead atoms. The molecule has 2 N–H and O–H groups in total. The maximum Gasteiger partial charge on any atom is 0.229 e. The Morgan fingerprint density at radius 2 is 2.44 bits per heavy atom. The highest BCUT2D eigenvalue weighted by Gasteiger charge is 2.39. The molecule has 0 spiro atoms. The lowest BCUT2D eigenvalue weighted by Gasteiger charge is -2.09. The lowest BCUT2D eigenvalue weighted by molar-refractivity contribution is -0.117. The van der Waals surface area contributed by atoms with E-state index in [1.807, 2.05) is 0 Å². The number of amides is 1. The number of nitrogens with one attached hydrogen (secondary N) is 2. The molecule has 2 atom stereocenters. The molecule has 5 heteroatoms.